The maximum Gasteiger partial charge on any atom is 0.375 e. The lowest BCUT2D eigenvalue weighted by molar-refractivity contribution is -0.141. The van der Waals surface area contributed by atoms with Crippen molar-refractivity contribution in [1.29, 1.82) is 0 Å². The molecule has 3 atom stereocenters. The van der Waals surface area contributed by atoms with Crippen LogP contribution in [0.5, 0.6) is 17.2 Å². The number of aliphatic hydroxyl groups is 3. The second-order valence-electron chi connectivity index (χ2n) is 13.1. The standard InChI is InChI=1S/C37H41NO10/c1-5-11-46-33-24-15-28(37(3,4)44)47-32(24)26(18-41)34-30(33)29(25(17-40)35(48-34)36(43)45-6-2)21-13-22(16-39)31(42)23(14-21)19-7-8-27-20(12-19)9-10-38-27/h7-9,12,17,22-23,28,39,41,44H,5-6,10-11,13-16,18H2,1-4H3. The fourth-order valence-corrected chi connectivity index (χ4v) is 7.06. The minimum atomic E-state index is -1.26. The Morgan fingerprint density at radius 2 is 1.94 bits per heavy atom. The molecule has 0 spiro atoms. The Balaban J connectivity index is 1.65. The number of carbonyl (C=O) groups is 3. The van der Waals surface area contributed by atoms with Crippen LogP contribution in [0.1, 0.15) is 75.1 Å². The van der Waals surface area contributed by atoms with Crippen LogP contribution in [-0.2, 0) is 32.1 Å². The van der Waals surface area contributed by atoms with Gasteiger partial charge in [0.1, 0.15) is 29.1 Å². The number of fused-ring (bicyclic) bond motifs is 3. The molecule has 6 rings (SSSR count). The van der Waals surface area contributed by atoms with Crippen molar-refractivity contribution in [1.82, 2.24) is 0 Å². The Kier molecular flexibility index (Phi) is 9.30. The second-order valence-corrected chi connectivity index (χ2v) is 13.1. The number of ether oxygens (including phenoxy) is 4. The first kappa shape index (κ1) is 33.6. The monoisotopic (exact) mass is 659 g/mol. The van der Waals surface area contributed by atoms with E-state index in [1.165, 1.54) is 0 Å². The van der Waals surface area contributed by atoms with Gasteiger partial charge in [0.2, 0.25) is 5.76 Å². The topological polar surface area (TPSA) is 161 Å². The second kappa shape index (κ2) is 13.3. The van der Waals surface area contributed by atoms with Gasteiger partial charge in [0, 0.05) is 29.4 Å². The van der Waals surface area contributed by atoms with Gasteiger partial charge in [-0.1, -0.05) is 24.6 Å². The minimum Gasteiger partial charge on any atom is -0.492 e. The molecule has 0 saturated heterocycles. The molecular weight excluding hydrogens is 618 g/mol. The van der Waals surface area contributed by atoms with Crippen molar-refractivity contribution in [3.8, 4) is 17.2 Å². The van der Waals surface area contributed by atoms with E-state index in [-0.39, 0.29) is 66.7 Å². The van der Waals surface area contributed by atoms with Gasteiger partial charge >= 0.3 is 5.97 Å². The van der Waals surface area contributed by atoms with Crippen molar-refractivity contribution in [2.75, 3.05) is 26.4 Å². The quantitative estimate of drug-likeness (QED) is 0.255. The molecule has 4 aliphatic rings. The summed E-state index contributed by atoms with van der Waals surface area (Å²) in [6.07, 6.45) is 3.01. The molecule has 0 bridgehead atoms. The molecule has 254 valence electrons. The number of aldehydes is 1. The maximum atomic E-state index is 13.8. The summed E-state index contributed by atoms with van der Waals surface area (Å²) >= 11 is 0. The fraction of sp³-hybridized carbons (Fsp3) is 0.459. The van der Waals surface area contributed by atoms with E-state index in [4.69, 9.17) is 18.9 Å². The SMILES string of the molecule is CCCOc1c2c(c(CO)c3c1C(=C1CC(CO)C(=O)C(c4ccc5c(c4)=CCN=5)C1)C(C=O)=C(C(=O)OCC)O3)OC(C(C)(C)O)C2. The molecule has 0 amide bonds. The van der Waals surface area contributed by atoms with Crippen LogP contribution in [0.4, 0.5) is 0 Å². The summed E-state index contributed by atoms with van der Waals surface area (Å²) in [7, 11) is 0. The molecule has 1 aliphatic carbocycles. The highest BCUT2D eigenvalue weighted by molar-refractivity contribution is 6.11. The summed E-state index contributed by atoms with van der Waals surface area (Å²) in [5, 5.41) is 33.9. The number of nitrogens with zero attached hydrogens (tertiary/aromatic N) is 1. The lowest BCUT2D eigenvalue weighted by Crippen LogP contribution is -2.39. The van der Waals surface area contributed by atoms with Gasteiger partial charge in [-0.05, 0) is 62.9 Å². The zero-order valence-corrected chi connectivity index (χ0v) is 27.6. The summed E-state index contributed by atoms with van der Waals surface area (Å²) in [5.41, 5.74) is 1.56. The number of benzene rings is 2. The zero-order valence-electron chi connectivity index (χ0n) is 27.6. The van der Waals surface area contributed by atoms with Crippen LogP contribution in [0, 0.1) is 5.92 Å². The molecule has 1 fully saturated rings. The van der Waals surface area contributed by atoms with E-state index >= 15 is 0 Å². The number of ketones is 1. The van der Waals surface area contributed by atoms with Gasteiger partial charge in [-0.3, -0.25) is 14.6 Å². The van der Waals surface area contributed by atoms with Gasteiger partial charge in [-0.25, -0.2) is 4.79 Å². The average Bonchev–Trinajstić information content (AvgIpc) is 3.74. The molecule has 0 aromatic heterocycles. The van der Waals surface area contributed by atoms with Crippen LogP contribution >= 0.6 is 0 Å². The van der Waals surface area contributed by atoms with Crippen LogP contribution in [0.3, 0.4) is 0 Å². The third-order valence-corrected chi connectivity index (χ3v) is 9.43. The van der Waals surface area contributed by atoms with Gasteiger partial charge in [0.25, 0.3) is 0 Å². The number of allylic oxidation sites excluding steroid dienone is 3. The molecular formula is C37H41NO10. The first-order chi connectivity index (χ1) is 23.1. The highest BCUT2D eigenvalue weighted by Gasteiger charge is 2.45. The fourth-order valence-electron chi connectivity index (χ4n) is 7.06. The number of esters is 1. The number of aliphatic hydroxyl groups excluding tert-OH is 2. The van der Waals surface area contributed by atoms with Crippen LogP contribution in [0.15, 0.2) is 40.1 Å². The smallest absolute Gasteiger partial charge is 0.375 e. The lowest BCUT2D eigenvalue weighted by Gasteiger charge is -2.34. The highest BCUT2D eigenvalue weighted by Crippen LogP contribution is 2.56. The lowest BCUT2D eigenvalue weighted by atomic mass is 9.71. The summed E-state index contributed by atoms with van der Waals surface area (Å²) in [4.78, 5) is 44.8. The summed E-state index contributed by atoms with van der Waals surface area (Å²) in [5.74, 6) is -2.11. The van der Waals surface area contributed by atoms with Gasteiger partial charge in [-0.2, -0.15) is 0 Å². The molecule has 0 radical (unpaired) electrons. The first-order valence-corrected chi connectivity index (χ1v) is 16.5. The molecule has 2 aromatic carbocycles. The van der Waals surface area contributed by atoms with E-state index in [0.717, 1.165) is 16.1 Å². The van der Waals surface area contributed by atoms with Gasteiger partial charge < -0.3 is 34.3 Å². The van der Waals surface area contributed by atoms with Crippen LogP contribution < -0.4 is 24.8 Å². The molecule has 3 unspecified atom stereocenters. The number of carbonyl (C=O) groups excluding carboxylic acids is 3. The van der Waals surface area contributed by atoms with Gasteiger partial charge in [0.15, 0.2) is 6.29 Å². The van der Waals surface area contributed by atoms with E-state index in [0.29, 0.717) is 47.3 Å². The van der Waals surface area contributed by atoms with E-state index in [1.807, 2.05) is 31.2 Å². The number of Topliss-reactive ketones (excluding diaryl/α,β-unsaturated/α-hetero) is 1. The minimum absolute atomic E-state index is 0.0136. The Labute approximate surface area is 278 Å². The Morgan fingerprint density at radius 1 is 1.15 bits per heavy atom. The molecule has 2 aromatic rings. The maximum absolute atomic E-state index is 13.8. The summed E-state index contributed by atoms with van der Waals surface area (Å²) in [6, 6.07) is 5.68. The highest BCUT2D eigenvalue weighted by atomic mass is 16.6. The zero-order chi connectivity index (χ0) is 34.3. The molecule has 11 heteroatoms. The van der Waals surface area contributed by atoms with E-state index < -0.39 is 42.7 Å². The van der Waals surface area contributed by atoms with Crippen LogP contribution in [0.25, 0.3) is 11.6 Å². The van der Waals surface area contributed by atoms with Crippen molar-refractivity contribution in [3.63, 3.8) is 0 Å². The molecule has 3 aliphatic heterocycles. The Bertz CT molecular complexity index is 1870. The van der Waals surface area contributed by atoms with Gasteiger partial charge in [0.05, 0.1) is 60.6 Å². The third kappa shape index (κ3) is 5.73. The first-order valence-electron chi connectivity index (χ1n) is 16.5. The Morgan fingerprint density at radius 3 is 2.60 bits per heavy atom. The normalized spacial score (nSPS) is 22.9. The molecule has 11 nitrogen and oxygen atoms in total. The predicted octanol–water partition coefficient (Wildman–Crippen LogP) is 2.37. The van der Waals surface area contributed by atoms with Crippen molar-refractivity contribution in [2.45, 2.75) is 77.6 Å². The summed E-state index contributed by atoms with van der Waals surface area (Å²) in [6.45, 7) is 6.72. The van der Waals surface area contributed by atoms with E-state index in [1.54, 1.807) is 20.8 Å². The largest absolute Gasteiger partial charge is 0.492 e. The average molecular weight is 660 g/mol. The van der Waals surface area contributed by atoms with E-state index in [2.05, 4.69) is 4.99 Å². The number of rotatable bonds is 10. The van der Waals surface area contributed by atoms with Crippen molar-refractivity contribution < 1.29 is 48.7 Å². The van der Waals surface area contributed by atoms with Crippen molar-refractivity contribution >= 4 is 29.7 Å². The third-order valence-electron chi connectivity index (χ3n) is 9.43. The van der Waals surface area contributed by atoms with Crippen molar-refractivity contribution in [2.24, 2.45) is 10.9 Å². The van der Waals surface area contributed by atoms with Crippen LogP contribution in [0.2, 0.25) is 0 Å². The summed E-state index contributed by atoms with van der Waals surface area (Å²) < 4.78 is 24.2. The van der Waals surface area contributed by atoms with Crippen molar-refractivity contribution in [3.05, 3.63) is 67.9 Å². The predicted molar refractivity (Wildman–Crippen MR) is 174 cm³/mol. The molecule has 48 heavy (non-hydrogen) atoms. The van der Waals surface area contributed by atoms with Crippen LogP contribution in [-0.4, -0.2) is 71.4 Å². The number of hydrogen-bond acceptors (Lipinski definition) is 11. The molecule has 3 heterocycles. The Hall–Kier alpha value is -4.32. The van der Waals surface area contributed by atoms with Gasteiger partial charge in [-0.15, -0.1) is 0 Å². The molecule has 3 N–H and O–H groups in total. The number of hydrogen-bond donors (Lipinski definition) is 3. The van der Waals surface area contributed by atoms with E-state index in [9.17, 15) is 29.7 Å². The molecule has 1 saturated carbocycles.